The summed E-state index contributed by atoms with van der Waals surface area (Å²) in [7, 11) is 0. The molecule has 29 heavy (non-hydrogen) atoms. The van der Waals surface area contributed by atoms with Crippen LogP contribution in [0.3, 0.4) is 0 Å². The molecule has 0 fully saturated rings. The maximum atomic E-state index is 12.4. The van der Waals surface area contributed by atoms with Gasteiger partial charge in [0, 0.05) is 28.8 Å². The molecule has 3 aromatic heterocycles. The van der Waals surface area contributed by atoms with Crippen LogP contribution in [0, 0.1) is 20.8 Å². The molecule has 0 spiro atoms. The fourth-order valence-corrected chi connectivity index (χ4v) is 3.48. The molecule has 0 radical (unpaired) electrons. The number of hydrogen-bond acceptors (Lipinski definition) is 4. The number of hydrogen-bond donors (Lipinski definition) is 0. The predicted octanol–water partition coefficient (Wildman–Crippen LogP) is 3.77. The number of benzene rings is 1. The Balaban J connectivity index is 1.50. The number of esters is 1. The second kappa shape index (κ2) is 7.39. The van der Waals surface area contributed by atoms with Gasteiger partial charge in [-0.2, -0.15) is 0 Å². The van der Waals surface area contributed by atoms with E-state index in [1.807, 2.05) is 45.0 Å². The zero-order valence-electron chi connectivity index (χ0n) is 16.5. The molecule has 6 nitrogen and oxygen atoms in total. The van der Waals surface area contributed by atoms with E-state index in [-0.39, 0.29) is 12.2 Å². The van der Waals surface area contributed by atoms with Gasteiger partial charge in [0.1, 0.15) is 12.3 Å². The van der Waals surface area contributed by atoms with Crippen molar-refractivity contribution < 1.29 is 9.53 Å². The summed E-state index contributed by atoms with van der Waals surface area (Å²) in [5.41, 5.74) is 5.25. The molecule has 0 N–H and O–H groups in total. The Morgan fingerprint density at radius 3 is 2.31 bits per heavy atom. The van der Waals surface area contributed by atoms with Crippen molar-refractivity contribution in [1.82, 2.24) is 14.0 Å². The van der Waals surface area contributed by atoms with Gasteiger partial charge < -0.3 is 9.30 Å². The molecule has 0 bridgehead atoms. The monoisotopic (exact) mass is 387 g/mol. The van der Waals surface area contributed by atoms with Crippen molar-refractivity contribution in [2.75, 3.05) is 0 Å². The Kier molecular flexibility index (Phi) is 4.76. The summed E-state index contributed by atoms with van der Waals surface area (Å²) in [6.07, 6.45) is 0. The van der Waals surface area contributed by atoms with Crippen LogP contribution in [-0.2, 0) is 11.3 Å². The van der Waals surface area contributed by atoms with Crippen LogP contribution in [0.1, 0.15) is 33.1 Å². The van der Waals surface area contributed by atoms with Gasteiger partial charge in [-0.15, -0.1) is 0 Å². The van der Waals surface area contributed by atoms with E-state index in [1.165, 1.54) is 10.5 Å². The average Bonchev–Trinajstić information content (AvgIpc) is 3.04. The van der Waals surface area contributed by atoms with Crippen molar-refractivity contribution in [3.63, 3.8) is 0 Å². The standard InChI is InChI=1S/C23H21N3O3/c1-15-5-4-6-21-24-19(13-22(27)26(15)21)14-29-23(28)18-9-11-20(12-10-18)25-16(2)7-8-17(25)3/h4-13H,14H2,1-3H3. The molecule has 0 unspecified atom stereocenters. The van der Waals surface area contributed by atoms with E-state index in [0.717, 1.165) is 22.8 Å². The van der Waals surface area contributed by atoms with Crippen LogP contribution >= 0.6 is 0 Å². The Hall–Kier alpha value is -3.67. The van der Waals surface area contributed by atoms with Crippen LogP contribution < -0.4 is 5.56 Å². The lowest BCUT2D eigenvalue weighted by Gasteiger charge is -2.10. The van der Waals surface area contributed by atoms with Crippen LogP contribution in [0.5, 0.6) is 0 Å². The number of aromatic nitrogens is 3. The first-order valence-corrected chi connectivity index (χ1v) is 9.35. The van der Waals surface area contributed by atoms with E-state index in [2.05, 4.69) is 21.7 Å². The molecule has 0 saturated carbocycles. The fraction of sp³-hybridized carbons (Fsp3) is 0.174. The third kappa shape index (κ3) is 3.57. The summed E-state index contributed by atoms with van der Waals surface area (Å²) in [5.74, 6) is -0.455. The average molecular weight is 387 g/mol. The fourth-order valence-electron chi connectivity index (χ4n) is 3.48. The molecular formula is C23H21N3O3. The highest BCUT2D eigenvalue weighted by Crippen LogP contribution is 2.17. The summed E-state index contributed by atoms with van der Waals surface area (Å²) in [4.78, 5) is 29.1. The number of carbonyl (C=O) groups excluding carboxylic acids is 1. The molecule has 4 aromatic rings. The van der Waals surface area contributed by atoms with Gasteiger partial charge in [0.2, 0.25) is 0 Å². The normalized spacial score (nSPS) is 11.0. The zero-order valence-corrected chi connectivity index (χ0v) is 16.5. The van der Waals surface area contributed by atoms with Crippen molar-refractivity contribution in [3.8, 4) is 5.69 Å². The molecule has 6 heteroatoms. The first-order chi connectivity index (χ1) is 13.9. The van der Waals surface area contributed by atoms with E-state index in [4.69, 9.17) is 4.74 Å². The second-order valence-electron chi connectivity index (χ2n) is 7.02. The number of fused-ring (bicyclic) bond motifs is 1. The number of nitrogens with zero attached hydrogens (tertiary/aromatic N) is 3. The largest absolute Gasteiger partial charge is 0.456 e. The lowest BCUT2D eigenvalue weighted by Crippen LogP contribution is -2.18. The van der Waals surface area contributed by atoms with Gasteiger partial charge in [-0.3, -0.25) is 9.20 Å². The topological polar surface area (TPSA) is 65.6 Å². The van der Waals surface area contributed by atoms with E-state index >= 15 is 0 Å². The molecule has 0 atom stereocenters. The molecule has 3 heterocycles. The lowest BCUT2D eigenvalue weighted by molar-refractivity contribution is 0.0467. The van der Waals surface area contributed by atoms with Gasteiger partial charge in [0.15, 0.2) is 0 Å². The highest BCUT2D eigenvalue weighted by molar-refractivity contribution is 5.89. The minimum Gasteiger partial charge on any atom is -0.456 e. The van der Waals surface area contributed by atoms with Crippen LogP contribution in [0.25, 0.3) is 11.3 Å². The van der Waals surface area contributed by atoms with Crippen LogP contribution in [0.15, 0.2) is 65.5 Å². The Labute approximate surface area is 168 Å². The summed E-state index contributed by atoms with van der Waals surface area (Å²) >= 11 is 0. The van der Waals surface area contributed by atoms with Gasteiger partial charge >= 0.3 is 5.97 Å². The van der Waals surface area contributed by atoms with E-state index in [0.29, 0.717) is 16.9 Å². The van der Waals surface area contributed by atoms with E-state index in [1.54, 1.807) is 18.2 Å². The molecule has 1 aromatic carbocycles. The number of ether oxygens (including phenoxy) is 1. The quantitative estimate of drug-likeness (QED) is 0.500. The third-order valence-corrected chi connectivity index (χ3v) is 4.92. The van der Waals surface area contributed by atoms with Gasteiger partial charge in [0.25, 0.3) is 5.56 Å². The number of pyridine rings is 1. The Morgan fingerprint density at radius 1 is 0.931 bits per heavy atom. The molecule has 0 aliphatic rings. The van der Waals surface area contributed by atoms with Crippen molar-refractivity contribution in [3.05, 3.63) is 99.4 Å². The molecule has 146 valence electrons. The van der Waals surface area contributed by atoms with Crippen molar-refractivity contribution in [2.45, 2.75) is 27.4 Å². The highest BCUT2D eigenvalue weighted by atomic mass is 16.5. The van der Waals surface area contributed by atoms with E-state index < -0.39 is 5.97 Å². The second-order valence-corrected chi connectivity index (χ2v) is 7.02. The zero-order chi connectivity index (χ0) is 20.5. The van der Waals surface area contributed by atoms with Crippen molar-refractivity contribution >= 4 is 11.6 Å². The summed E-state index contributed by atoms with van der Waals surface area (Å²) < 4.78 is 9.01. The summed E-state index contributed by atoms with van der Waals surface area (Å²) in [5, 5.41) is 0. The molecule has 0 amide bonds. The lowest BCUT2D eigenvalue weighted by atomic mass is 10.2. The maximum Gasteiger partial charge on any atom is 0.338 e. The van der Waals surface area contributed by atoms with E-state index in [9.17, 15) is 9.59 Å². The number of aryl methyl sites for hydroxylation is 3. The summed E-state index contributed by atoms with van der Waals surface area (Å²) in [6.45, 7) is 5.86. The smallest absolute Gasteiger partial charge is 0.338 e. The highest BCUT2D eigenvalue weighted by Gasteiger charge is 2.11. The minimum absolute atomic E-state index is 0.0594. The van der Waals surface area contributed by atoms with Crippen molar-refractivity contribution in [1.29, 1.82) is 0 Å². The maximum absolute atomic E-state index is 12.4. The SMILES string of the molecule is Cc1ccc(C)n1-c1ccc(C(=O)OCc2cc(=O)n3c(C)cccc3n2)cc1. The predicted molar refractivity (Wildman–Crippen MR) is 111 cm³/mol. The first-order valence-electron chi connectivity index (χ1n) is 9.35. The van der Waals surface area contributed by atoms with Crippen LogP contribution in [0.4, 0.5) is 0 Å². The molecular weight excluding hydrogens is 366 g/mol. The van der Waals surface area contributed by atoms with Gasteiger partial charge in [-0.05, 0) is 69.3 Å². The van der Waals surface area contributed by atoms with Crippen LogP contribution in [0.2, 0.25) is 0 Å². The third-order valence-electron chi connectivity index (χ3n) is 4.92. The Morgan fingerprint density at radius 2 is 1.62 bits per heavy atom. The molecule has 4 rings (SSSR count). The molecule has 0 aliphatic heterocycles. The number of rotatable bonds is 4. The number of carbonyl (C=O) groups is 1. The Bertz CT molecular complexity index is 1250. The molecule has 0 saturated heterocycles. The minimum atomic E-state index is -0.455. The van der Waals surface area contributed by atoms with Gasteiger partial charge in [-0.25, -0.2) is 9.78 Å². The van der Waals surface area contributed by atoms with Crippen molar-refractivity contribution in [2.24, 2.45) is 0 Å². The molecule has 0 aliphatic carbocycles. The van der Waals surface area contributed by atoms with Gasteiger partial charge in [-0.1, -0.05) is 6.07 Å². The summed E-state index contributed by atoms with van der Waals surface area (Å²) in [6, 6.07) is 18.2. The first kappa shape index (κ1) is 18.7. The van der Waals surface area contributed by atoms with Crippen LogP contribution in [-0.4, -0.2) is 19.9 Å². The van der Waals surface area contributed by atoms with Gasteiger partial charge in [0.05, 0.1) is 11.3 Å².